The summed E-state index contributed by atoms with van der Waals surface area (Å²) < 4.78 is 23.9. The Balaban J connectivity index is 3.05. The number of benzene rings is 1. The van der Waals surface area contributed by atoms with E-state index in [1.54, 1.807) is 20.2 Å². The van der Waals surface area contributed by atoms with Gasteiger partial charge in [0, 0.05) is 26.1 Å². The predicted octanol–water partition coefficient (Wildman–Crippen LogP) is 0.829. The first-order valence-corrected chi connectivity index (χ1v) is 7.32. The summed E-state index contributed by atoms with van der Waals surface area (Å²) in [7, 11) is -0.537. The minimum atomic E-state index is -3.68. The number of nitrogens with one attached hydrogen (secondary N) is 1. The first kappa shape index (κ1) is 16.0. The fourth-order valence-corrected chi connectivity index (χ4v) is 2.93. The largest absolute Gasteiger partial charge is 0.395 e. The van der Waals surface area contributed by atoms with E-state index in [4.69, 9.17) is 16.7 Å². The fraction of sp³-hybridized carbons (Fsp3) is 0.333. The lowest BCUT2D eigenvalue weighted by Gasteiger charge is -2.13. The lowest BCUT2D eigenvalue weighted by molar-refractivity contribution is 0.305. The summed E-state index contributed by atoms with van der Waals surface area (Å²) in [4.78, 5) is 2.30. The Morgan fingerprint density at radius 3 is 2.63 bits per heavy atom. The Morgan fingerprint density at radius 1 is 1.42 bits per heavy atom. The SMILES string of the molecule is CN(C)NS(=O)(=O)c1ccc(C#CCCO)cc1Cl. The molecule has 1 rings (SSSR count). The Bertz CT molecular complexity index is 603. The highest BCUT2D eigenvalue weighted by atomic mass is 35.5. The van der Waals surface area contributed by atoms with Gasteiger partial charge in [0.1, 0.15) is 4.90 Å². The van der Waals surface area contributed by atoms with E-state index < -0.39 is 10.0 Å². The first-order chi connectivity index (χ1) is 8.86. The molecule has 0 saturated heterocycles. The normalized spacial score (nSPS) is 11.2. The molecule has 0 unspecified atom stereocenters. The van der Waals surface area contributed by atoms with Gasteiger partial charge in [-0.3, -0.25) is 0 Å². The van der Waals surface area contributed by atoms with Gasteiger partial charge in [0.15, 0.2) is 0 Å². The maximum atomic E-state index is 11.9. The number of halogens is 1. The summed E-state index contributed by atoms with van der Waals surface area (Å²) in [6.45, 7) is -0.0139. The molecule has 1 aromatic rings. The Morgan fingerprint density at radius 2 is 2.11 bits per heavy atom. The molecular weight excluding hydrogens is 288 g/mol. The maximum absolute atomic E-state index is 11.9. The van der Waals surface area contributed by atoms with Gasteiger partial charge < -0.3 is 5.11 Å². The number of aliphatic hydroxyl groups is 1. The summed E-state index contributed by atoms with van der Waals surface area (Å²) in [5, 5.41) is 10.0. The van der Waals surface area contributed by atoms with E-state index in [-0.39, 0.29) is 16.5 Å². The van der Waals surface area contributed by atoms with Gasteiger partial charge in [-0.2, -0.15) is 0 Å². The summed E-state index contributed by atoms with van der Waals surface area (Å²) >= 11 is 5.96. The molecule has 0 radical (unpaired) electrons. The quantitative estimate of drug-likeness (QED) is 0.638. The van der Waals surface area contributed by atoms with E-state index >= 15 is 0 Å². The molecule has 0 aromatic heterocycles. The minimum absolute atomic E-state index is 0.00410. The molecule has 0 spiro atoms. The van der Waals surface area contributed by atoms with Gasteiger partial charge in [-0.25, -0.2) is 13.4 Å². The number of hydrogen-bond acceptors (Lipinski definition) is 4. The topological polar surface area (TPSA) is 69.6 Å². The molecule has 5 nitrogen and oxygen atoms in total. The number of nitrogens with zero attached hydrogens (tertiary/aromatic N) is 1. The maximum Gasteiger partial charge on any atom is 0.254 e. The van der Waals surface area contributed by atoms with Crippen LogP contribution in [0, 0.1) is 11.8 Å². The van der Waals surface area contributed by atoms with Crippen molar-refractivity contribution in [1.29, 1.82) is 0 Å². The average molecular weight is 303 g/mol. The number of hydrazine groups is 1. The van der Waals surface area contributed by atoms with Crippen LogP contribution in [-0.4, -0.2) is 39.2 Å². The summed E-state index contributed by atoms with van der Waals surface area (Å²) in [5.41, 5.74) is 0.599. The van der Waals surface area contributed by atoms with Gasteiger partial charge in [0.05, 0.1) is 11.6 Å². The third kappa shape index (κ3) is 4.82. The van der Waals surface area contributed by atoms with Gasteiger partial charge in [-0.15, -0.1) is 4.83 Å². The third-order valence-electron chi connectivity index (χ3n) is 1.99. The van der Waals surface area contributed by atoms with Crippen molar-refractivity contribution in [3.8, 4) is 11.8 Å². The van der Waals surface area contributed by atoms with Crippen molar-refractivity contribution >= 4 is 21.6 Å². The highest BCUT2D eigenvalue weighted by Gasteiger charge is 2.18. The van der Waals surface area contributed by atoms with Crippen LogP contribution in [0.4, 0.5) is 0 Å². The molecule has 0 fully saturated rings. The van der Waals surface area contributed by atoms with Crippen LogP contribution in [0.3, 0.4) is 0 Å². The van der Waals surface area contributed by atoms with Gasteiger partial charge in [0.25, 0.3) is 10.0 Å². The van der Waals surface area contributed by atoms with Crippen molar-refractivity contribution in [3.63, 3.8) is 0 Å². The van der Waals surface area contributed by atoms with Gasteiger partial charge in [0.2, 0.25) is 0 Å². The molecule has 0 amide bonds. The Hall–Kier alpha value is -1.10. The van der Waals surface area contributed by atoms with Gasteiger partial charge in [-0.1, -0.05) is 23.4 Å². The number of sulfonamides is 1. The predicted molar refractivity (Wildman–Crippen MR) is 74.0 cm³/mol. The van der Waals surface area contributed by atoms with Crippen LogP contribution in [0.1, 0.15) is 12.0 Å². The zero-order valence-corrected chi connectivity index (χ0v) is 12.2. The van der Waals surface area contributed by atoms with E-state index in [2.05, 4.69) is 16.7 Å². The third-order valence-corrected chi connectivity index (χ3v) is 3.96. The van der Waals surface area contributed by atoms with Crippen molar-refractivity contribution in [2.75, 3.05) is 20.7 Å². The van der Waals surface area contributed by atoms with Crippen molar-refractivity contribution in [2.45, 2.75) is 11.3 Å². The molecule has 0 atom stereocenters. The van der Waals surface area contributed by atoms with Crippen LogP contribution < -0.4 is 4.83 Å². The molecule has 0 saturated carbocycles. The molecule has 0 bridgehead atoms. The van der Waals surface area contributed by atoms with E-state index in [9.17, 15) is 8.42 Å². The molecule has 104 valence electrons. The standard InChI is InChI=1S/C12H15ClN2O3S/c1-15(2)14-19(17,18)12-7-6-10(9-11(12)13)5-3-4-8-16/h6-7,9,14,16H,4,8H2,1-2H3. The molecule has 19 heavy (non-hydrogen) atoms. The van der Waals surface area contributed by atoms with E-state index in [1.165, 1.54) is 17.1 Å². The van der Waals surface area contributed by atoms with Crippen molar-refractivity contribution < 1.29 is 13.5 Å². The molecule has 7 heteroatoms. The molecule has 2 N–H and O–H groups in total. The fourth-order valence-electron chi connectivity index (χ4n) is 1.31. The molecule has 0 heterocycles. The number of hydrogen-bond donors (Lipinski definition) is 2. The average Bonchev–Trinajstić information content (AvgIpc) is 2.27. The smallest absolute Gasteiger partial charge is 0.254 e. The second-order valence-corrected chi connectivity index (χ2v) is 5.95. The highest BCUT2D eigenvalue weighted by Crippen LogP contribution is 2.22. The minimum Gasteiger partial charge on any atom is -0.395 e. The summed E-state index contributed by atoms with van der Waals surface area (Å²) in [6.07, 6.45) is 0.361. The lowest BCUT2D eigenvalue weighted by Crippen LogP contribution is -2.36. The molecular formula is C12H15ClN2O3S. The first-order valence-electron chi connectivity index (χ1n) is 5.46. The van der Waals surface area contributed by atoms with Crippen LogP contribution in [0.15, 0.2) is 23.1 Å². The van der Waals surface area contributed by atoms with Crippen molar-refractivity contribution in [2.24, 2.45) is 0 Å². The van der Waals surface area contributed by atoms with Crippen LogP contribution in [0.5, 0.6) is 0 Å². The second-order valence-electron chi connectivity index (χ2n) is 3.91. The van der Waals surface area contributed by atoms with Crippen molar-refractivity contribution in [1.82, 2.24) is 9.84 Å². The molecule has 1 aromatic carbocycles. The van der Waals surface area contributed by atoms with Gasteiger partial charge in [-0.05, 0) is 18.2 Å². The van der Waals surface area contributed by atoms with Crippen LogP contribution in [0.25, 0.3) is 0 Å². The van der Waals surface area contributed by atoms with E-state index in [1.807, 2.05) is 0 Å². The number of aliphatic hydroxyl groups excluding tert-OH is 1. The zero-order chi connectivity index (χ0) is 14.5. The summed E-state index contributed by atoms with van der Waals surface area (Å²) in [5.74, 6) is 5.52. The van der Waals surface area contributed by atoms with Crippen molar-refractivity contribution in [3.05, 3.63) is 28.8 Å². The van der Waals surface area contributed by atoms with E-state index in [0.717, 1.165) is 0 Å². The number of rotatable bonds is 4. The van der Waals surface area contributed by atoms with Gasteiger partial charge >= 0.3 is 0 Å². The zero-order valence-electron chi connectivity index (χ0n) is 10.6. The Labute approximate surface area is 118 Å². The molecule has 0 aliphatic rings. The monoisotopic (exact) mass is 302 g/mol. The Kier molecular flexibility index (Phi) is 5.79. The molecule has 0 aliphatic heterocycles. The highest BCUT2D eigenvalue weighted by molar-refractivity contribution is 7.89. The lowest BCUT2D eigenvalue weighted by atomic mass is 10.2. The van der Waals surface area contributed by atoms with Crippen LogP contribution >= 0.6 is 11.6 Å². The second kappa shape index (κ2) is 6.89. The van der Waals surface area contributed by atoms with Crippen LogP contribution in [-0.2, 0) is 10.0 Å². The molecule has 0 aliphatic carbocycles. The summed E-state index contributed by atoms with van der Waals surface area (Å²) in [6, 6.07) is 4.45. The van der Waals surface area contributed by atoms with Crippen LogP contribution in [0.2, 0.25) is 5.02 Å². The van der Waals surface area contributed by atoms with E-state index in [0.29, 0.717) is 12.0 Å².